The molecule has 1 N–H and O–H groups in total. The van der Waals surface area contributed by atoms with E-state index >= 15 is 0 Å². The van der Waals surface area contributed by atoms with Crippen LogP contribution in [0, 0.1) is 13.8 Å². The molecule has 0 aliphatic heterocycles. The third kappa shape index (κ3) is 3.80. The molecule has 1 aromatic carbocycles. The maximum atomic E-state index is 12.3. The van der Waals surface area contributed by atoms with E-state index in [9.17, 15) is 4.79 Å². The number of rotatable bonds is 5. The molecule has 0 fully saturated rings. The van der Waals surface area contributed by atoms with E-state index in [2.05, 4.69) is 22.1 Å². The number of H-pyrrole nitrogens is 1. The van der Waals surface area contributed by atoms with Crippen molar-refractivity contribution in [1.82, 2.24) is 19.4 Å². The number of aromatic amines is 1. The number of pyridine rings is 1. The molecule has 0 unspecified atom stereocenters. The lowest BCUT2D eigenvalue weighted by molar-refractivity contribution is 0.989. The average Bonchev–Trinajstić information content (AvgIpc) is 3.01. The molecule has 0 aliphatic carbocycles. The van der Waals surface area contributed by atoms with Gasteiger partial charge in [-0.2, -0.15) is 0 Å². The van der Waals surface area contributed by atoms with E-state index in [4.69, 9.17) is 4.98 Å². The predicted octanol–water partition coefficient (Wildman–Crippen LogP) is 3.92. The summed E-state index contributed by atoms with van der Waals surface area (Å²) in [5, 5.41) is 0.852. The van der Waals surface area contributed by atoms with Crippen LogP contribution in [0.25, 0.3) is 5.65 Å². The van der Waals surface area contributed by atoms with Crippen LogP contribution in [-0.2, 0) is 12.2 Å². The molecule has 4 rings (SSSR count). The molecule has 0 amide bonds. The normalized spacial score (nSPS) is 11.2. The van der Waals surface area contributed by atoms with Crippen LogP contribution < -0.4 is 5.56 Å². The van der Waals surface area contributed by atoms with Crippen LogP contribution >= 0.6 is 11.8 Å². The molecule has 0 saturated carbocycles. The number of aryl methyl sites for hydroxylation is 2. The lowest BCUT2D eigenvalue weighted by Gasteiger charge is -2.05. The van der Waals surface area contributed by atoms with Crippen molar-refractivity contribution in [3.8, 4) is 0 Å². The number of nitrogens with zero attached hydrogens (tertiary/aromatic N) is 3. The van der Waals surface area contributed by atoms with Gasteiger partial charge in [-0.1, -0.05) is 48.2 Å². The maximum Gasteiger partial charge on any atom is 0.258 e. The highest BCUT2D eigenvalue weighted by atomic mass is 32.2. The van der Waals surface area contributed by atoms with Crippen LogP contribution in [0.3, 0.4) is 0 Å². The summed E-state index contributed by atoms with van der Waals surface area (Å²) in [6.45, 7) is 4.00. The Morgan fingerprint density at radius 2 is 1.89 bits per heavy atom. The molecule has 0 atom stereocenters. The highest BCUT2D eigenvalue weighted by molar-refractivity contribution is 7.98. The van der Waals surface area contributed by atoms with Gasteiger partial charge in [0.15, 0.2) is 5.16 Å². The minimum atomic E-state index is -0.0558. The summed E-state index contributed by atoms with van der Waals surface area (Å²) in [5.41, 5.74) is 5.76. The van der Waals surface area contributed by atoms with Gasteiger partial charge in [0.1, 0.15) is 5.65 Å². The Bertz CT molecular complexity index is 1150. The largest absolute Gasteiger partial charge is 0.337 e. The third-order valence-corrected chi connectivity index (χ3v) is 5.38. The van der Waals surface area contributed by atoms with Gasteiger partial charge < -0.3 is 4.98 Å². The van der Waals surface area contributed by atoms with Crippen molar-refractivity contribution < 1.29 is 0 Å². The fourth-order valence-electron chi connectivity index (χ4n) is 3.02. The molecule has 0 saturated heterocycles. The van der Waals surface area contributed by atoms with Gasteiger partial charge in [-0.05, 0) is 31.0 Å². The van der Waals surface area contributed by atoms with Crippen LogP contribution in [0.5, 0.6) is 0 Å². The number of imidazole rings is 1. The van der Waals surface area contributed by atoms with Gasteiger partial charge in [-0.3, -0.25) is 9.20 Å². The van der Waals surface area contributed by atoms with E-state index in [1.165, 1.54) is 5.56 Å². The van der Waals surface area contributed by atoms with Gasteiger partial charge in [0.25, 0.3) is 5.56 Å². The van der Waals surface area contributed by atoms with Gasteiger partial charge in [0.2, 0.25) is 0 Å². The second-order valence-corrected chi connectivity index (χ2v) is 7.50. The first-order valence-electron chi connectivity index (χ1n) is 8.80. The summed E-state index contributed by atoms with van der Waals surface area (Å²) in [6.07, 6.45) is 2.55. The van der Waals surface area contributed by atoms with Gasteiger partial charge in [-0.15, -0.1) is 0 Å². The number of thioether (sulfide) groups is 1. The Morgan fingerprint density at radius 1 is 1.07 bits per heavy atom. The highest BCUT2D eigenvalue weighted by Gasteiger charge is 2.10. The van der Waals surface area contributed by atoms with Gasteiger partial charge >= 0.3 is 0 Å². The molecule has 4 aromatic rings. The summed E-state index contributed by atoms with van der Waals surface area (Å²) in [5.74, 6) is 0.595. The Kier molecular flexibility index (Phi) is 4.81. The number of hydrogen-bond donors (Lipinski definition) is 1. The standard InChI is InChI=1S/C21H20N4OS/c1-14-7-6-10-25-19(26)12-17(23-20(14)25)13-27-21-22-15(2)18(24-21)11-16-8-4-3-5-9-16/h3-10,12H,11,13H2,1-2H3,(H,22,24). The first kappa shape index (κ1) is 17.5. The number of nitrogens with one attached hydrogen (secondary N) is 1. The van der Waals surface area contributed by atoms with E-state index in [0.29, 0.717) is 11.4 Å². The molecular formula is C21H20N4OS. The first-order chi connectivity index (χ1) is 13.1. The van der Waals surface area contributed by atoms with Crippen molar-refractivity contribution in [1.29, 1.82) is 0 Å². The molecule has 0 bridgehead atoms. The van der Waals surface area contributed by atoms with Crippen molar-refractivity contribution >= 4 is 17.4 Å². The summed E-state index contributed by atoms with van der Waals surface area (Å²) >= 11 is 1.56. The molecule has 0 aliphatic rings. The first-order valence-corrected chi connectivity index (χ1v) is 9.79. The minimum absolute atomic E-state index is 0.0558. The Labute approximate surface area is 161 Å². The average molecular weight is 376 g/mol. The molecule has 3 heterocycles. The Hall–Kier alpha value is -2.86. The smallest absolute Gasteiger partial charge is 0.258 e. The highest BCUT2D eigenvalue weighted by Crippen LogP contribution is 2.22. The molecule has 27 heavy (non-hydrogen) atoms. The molecule has 6 heteroatoms. The van der Waals surface area contributed by atoms with Crippen LogP contribution in [0.2, 0.25) is 0 Å². The summed E-state index contributed by atoms with van der Waals surface area (Å²) < 4.78 is 1.58. The molecule has 136 valence electrons. The van der Waals surface area contributed by atoms with E-state index in [0.717, 1.165) is 34.2 Å². The molecule has 0 radical (unpaired) electrons. The van der Waals surface area contributed by atoms with Crippen LogP contribution in [0.15, 0.2) is 64.7 Å². The lowest BCUT2D eigenvalue weighted by Crippen LogP contribution is -2.15. The zero-order valence-electron chi connectivity index (χ0n) is 15.3. The van der Waals surface area contributed by atoms with E-state index in [-0.39, 0.29) is 5.56 Å². The Morgan fingerprint density at radius 3 is 2.70 bits per heavy atom. The van der Waals surface area contributed by atoms with Gasteiger partial charge in [0.05, 0.1) is 11.4 Å². The quantitative estimate of drug-likeness (QED) is 0.536. The number of fused-ring (bicyclic) bond motifs is 1. The van der Waals surface area contributed by atoms with Crippen molar-refractivity contribution in [2.45, 2.75) is 31.2 Å². The topological polar surface area (TPSA) is 63.0 Å². The molecular weight excluding hydrogens is 356 g/mol. The van der Waals surface area contributed by atoms with Crippen LogP contribution in [0.1, 0.15) is 28.2 Å². The fraction of sp³-hybridized carbons (Fsp3) is 0.190. The van der Waals surface area contributed by atoms with Gasteiger partial charge in [-0.25, -0.2) is 9.97 Å². The fourth-order valence-corrected chi connectivity index (χ4v) is 3.85. The van der Waals surface area contributed by atoms with Crippen LogP contribution in [-0.4, -0.2) is 19.4 Å². The zero-order chi connectivity index (χ0) is 18.8. The summed E-state index contributed by atoms with van der Waals surface area (Å²) in [6, 6.07) is 15.7. The lowest BCUT2D eigenvalue weighted by atomic mass is 10.1. The SMILES string of the molecule is Cc1[nH]c(SCc2cc(=O)n3cccc(C)c3n2)nc1Cc1ccccc1. The van der Waals surface area contributed by atoms with Crippen molar-refractivity contribution in [3.05, 3.63) is 93.3 Å². The number of benzene rings is 1. The van der Waals surface area contributed by atoms with Crippen molar-refractivity contribution in [3.63, 3.8) is 0 Å². The monoisotopic (exact) mass is 376 g/mol. The summed E-state index contributed by atoms with van der Waals surface area (Å²) in [4.78, 5) is 25.0. The maximum absolute atomic E-state index is 12.3. The number of aromatic nitrogens is 4. The van der Waals surface area contributed by atoms with E-state index < -0.39 is 0 Å². The zero-order valence-corrected chi connectivity index (χ0v) is 16.1. The van der Waals surface area contributed by atoms with Gasteiger partial charge in [0, 0.05) is 30.1 Å². The minimum Gasteiger partial charge on any atom is -0.337 e. The second kappa shape index (κ2) is 7.40. The third-order valence-electron chi connectivity index (χ3n) is 4.47. The van der Waals surface area contributed by atoms with Crippen molar-refractivity contribution in [2.24, 2.45) is 0 Å². The Balaban J connectivity index is 1.52. The molecule has 5 nitrogen and oxygen atoms in total. The number of hydrogen-bond acceptors (Lipinski definition) is 4. The van der Waals surface area contributed by atoms with E-state index in [1.807, 2.05) is 44.2 Å². The molecule has 3 aromatic heterocycles. The van der Waals surface area contributed by atoms with Crippen LogP contribution in [0.4, 0.5) is 0 Å². The predicted molar refractivity (Wildman–Crippen MR) is 108 cm³/mol. The summed E-state index contributed by atoms with van der Waals surface area (Å²) in [7, 11) is 0. The van der Waals surface area contributed by atoms with Crippen molar-refractivity contribution in [2.75, 3.05) is 0 Å². The molecule has 0 spiro atoms. The second-order valence-electron chi connectivity index (χ2n) is 6.54. The van der Waals surface area contributed by atoms with E-state index in [1.54, 1.807) is 28.4 Å².